The number of morpholine rings is 1. The molecule has 2 aromatic heterocycles. The molecule has 6 heteroatoms. The Bertz CT molecular complexity index is 877. The molecular weight excluding hydrogens is 330 g/mol. The zero-order valence-electron chi connectivity index (χ0n) is 14.7. The molecule has 0 spiro atoms. The Kier molecular flexibility index (Phi) is 4.84. The van der Waals surface area contributed by atoms with Gasteiger partial charge in [-0.3, -0.25) is 4.98 Å². The van der Waals surface area contributed by atoms with E-state index in [1.54, 1.807) is 13.3 Å². The molecule has 1 fully saturated rings. The molecule has 1 aliphatic heterocycles. The highest BCUT2D eigenvalue weighted by molar-refractivity contribution is 5.85. The van der Waals surface area contributed by atoms with Gasteiger partial charge in [-0.2, -0.15) is 4.98 Å². The second-order valence-electron chi connectivity index (χ2n) is 6.09. The first kappa shape index (κ1) is 16.6. The number of ether oxygens (including phenoxy) is 3. The fraction of sp³-hybridized carbons (Fsp3) is 0.300. The van der Waals surface area contributed by atoms with Crippen molar-refractivity contribution < 1.29 is 14.2 Å². The molecule has 0 bridgehead atoms. The normalized spacial score (nSPS) is 14.4. The van der Waals surface area contributed by atoms with E-state index in [0.29, 0.717) is 25.7 Å². The van der Waals surface area contributed by atoms with Crippen LogP contribution in [0.25, 0.3) is 10.9 Å². The minimum absolute atomic E-state index is 0.438. The maximum atomic E-state index is 6.06. The highest BCUT2D eigenvalue weighted by atomic mass is 16.5. The largest absolute Gasteiger partial charge is 0.497 e. The van der Waals surface area contributed by atoms with E-state index in [0.717, 1.165) is 41.1 Å². The number of rotatable bonds is 5. The number of pyridine rings is 2. The highest BCUT2D eigenvalue weighted by Crippen LogP contribution is 2.28. The number of benzene rings is 1. The summed E-state index contributed by atoms with van der Waals surface area (Å²) in [6, 6.07) is 13.7. The Morgan fingerprint density at radius 1 is 1.12 bits per heavy atom. The van der Waals surface area contributed by atoms with Crippen LogP contribution in [0.2, 0.25) is 0 Å². The Morgan fingerprint density at radius 3 is 2.69 bits per heavy atom. The lowest BCUT2D eigenvalue weighted by Gasteiger charge is -2.28. The Hall–Kier alpha value is -2.86. The van der Waals surface area contributed by atoms with Gasteiger partial charge in [0.25, 0.3) is 0 Å². The molecule has 0 atom stereocenters. The van der Waals surface area contributed by atoms with Crippen molar-refractivity contribution in [2.75, 3.05) is 38.3 Å². The van der Waals surface area contributed by atoms with Crippen molar-refractivity contribution in [3.8, 4) is 11.6 Å². The summed E-state index contributed by atoms with van der Waals surface area (Å²) in [5, 5.41) is 0.915. The van der Waals surface area contributed by atoms with E-state index in [9.17, 15) is 0 Å². The molecule has 0 unspecified atom stereocenters. The molecule has 0 aliphatic carbocycles. The molecule has 1 saturated heterocycles. The molecule has 0 radical (unpaired) electrons. The SMILES string of the molecule is COc1ccc(COc2nc(N3CCOCC3)cc3ncccc23)cc1. The smallest absolute Gasteiger partial charge is 0.225 e. The van der Waals surface area contributed by atoms with Gasteiger partial charge in [0.1, 0.15) is 18.2 Å². The van der Waals surface area contributed by atoms with E-state index < -0.39 is 0 Å². The van der Waals surface area contributed by atoms with Crippen molar-refractivity contribution in [3.05, 3.63) is 54.2 Å². The molecule has 1 aliphatic rings. The van der Waals surface area contributed by atoms with E-state index in [-0.39, 0.29) is 0 Å². The van der Waals surface area contributed by atoms with Crippen LogP contribution >= 0.6 is 0 Å². The minimum atomic E-state index is 0.438. The van der Waals surface area contributed by atoms with Gasteiger partial charge in [-0.25, -0.2) is 0 Å². The third kappa shape index (κ3) is 3.55. The average Bonchev–Trinajstić information content (AvgIpc) is 2.73. The summed E-state index contributed by atoms with van der Waals surface area (Å²) >= 11 is 0. The van der Waals surface area contributed by atoms with Crippen LogP contribution in [-0.2, 0) is 11.3 Å². The van der Waals surface area contributed by atoms with Crippen LogP contribution in [0.1, 0.15) is 5.56 Å². The number of nitrogens with zero attached hydrogens (tertiary/aromatic N) is 3. The number of hydrogen-bond acceptors (Lipinski definition) is 6. The molecule has 3 aromatic rings. The van der Waals surface area contributed by atoms with Crippen LogP contribution < -0.4 is 14.4 Å². The highest BCUT2D eigenvalue weighted by Gasteiger charge is 2.16. The van der Waals surface area contributed by atoms with Gasteiger partial charge in [-0.15, -0.1) is 0 Å². The van der Waals surface area contributed by atoms with Gasteiger partial charge in [-0.05, 0) is 29.8 Å². The Labute approximate surface area is 152 Å². The lowest BCUT2D eigenvalue weighted by atomic mass is 10.2. The van der Waals surface area contributed by atoms with Gasteiger partial charge >= 0.3 is 0 Å². The molecule has 0 saturated carbocycles. The second kappa shape index (κ2) is 7.58. The predicted molar refractivity (Wildman–Crippen MR) is 99.9 cm³/mol. The van der Waals surface area contributed by atoms with Crippen LogP contribution in [0.3, 0.4) is 0 Å². The van der Waals surface area contributed by atoms with Gasteiger partial charge < -0.3 is 19.1 Å². The number of hydrogen-bond donors (Lipinski definition) is 0. The number of anilines is 1. The average molecular weight is 351 g/mol. The van der Waals surface area contributed by atoms with Gasteiger partial charge in [0.15, 0.2) is 0 Å². The zero-order valence-corrected chi connectivity index (χ0v) is 14.7. The van der Waals surface area contributed by atoms with Crippen LogP contribution in [-0.4, -0.2) is 43.4 Å². The van der Waals surface area contributed by atoms with Crippen molar-refractivity contribution >= 4 is 16.7 Å². The van der Waals surface area contributed by atoms with Gasteiger partial charge in [0.2, 0.25) is 5.88 Å². The van der Waals surface area contributed by atoms with Gasteiger partial charge in [0.05, 0.1) is 31.2 Å². The first-order chi connectivity index (χ1) is 12.8. The molecule has 26 heavy (non-hydrogen) atoms. The fourth-order valence-corrected chi connectivity index (χ4v) is 2.97. The van der Waals surface area contributed by atoms with E-state index in [1.165, 1.54) is 0 Å². The molecule has 0 N–H and O–H groups in total. The van der Waals surface area contributed by atoms with E-state index in [2.05, 4.69) is 9.88 Å². The summed E-state index contributed by atoms with van der Waals surface area (Å²) in [5.74, 6) is 2.31. The molecule has 3 heterocycles. The molecule has 6 nitrogen and oxygen atoms in total. The van der Waals surface area contributed by atoms with Crippen LogP contribution in [0, 0.1) is 0 Å². The van der Waals surface area contributed by atoms with Crippen molar-refractivity contribution in [3.63, 3.8) is 0 Å². The summed E-state index contributed by atoms with van der Waals surface area (Å²) in [5.41, 5.74) is 1.94. The maximum absolute atomic E-state index is 6.06. The third-order valence-corrected chi connectivity index (χ3v) is 4.42. The molecule has 134 valence electrons. The van der Waals surface area contributed by atoms with E-state index in [1.807, 2.05) is 42.5 Å². The van der Waals surface area contributed by atoms with Crippen molar-refractivity contribution in [1.29, 1.82) is 0 Å². The molecular formula is C20H21N3O3. The standard InChI is InChI=1S/C20H21N3O3/c1-24-16-6-4-15(5-7-16)14-26-20-17-3-2-8-21-18(17)13-19(22-20)23-9-11-25-12-10-23/h2-8,13H,9-12,14H2,1H3. The zero-order chi connectivity index (χ0) is 17.8. The lowest BCUT2D eigenvalue weighted by molar-refractivity contribution is 0.122. The van der Waals surface area contributed by atoms with Crippen LogP contribution in [0.15, 0.2) is 48.7 Å². The van der Waals surface area contributed by atoms with Crippen molar-refractivity contribution in [2.24, 2.45) is 0 Å². The molecule has 0 amide bonds. The summed E-state index contributed by atoms with van der Waals surface area (Å²) < 4.78 is 16.7. The van der Waals surface area contributed by atoms with Crippen molar-refractivity contribution in [2.45, 2.75) is 6.61 Å². The lowest BCUT2D eigenvalue weighted by Crippen LogP contribution is -2.36. The summed E-state index contributed by atoms with van der Waals surface area (Å²) in [6.45, 7) is 3.51. The predicted octanol–water partition coefficient (Wildman–Crippen LogP) is 3.05. The van der Waals surface area contributed by atoms with Gasteiger partial charge in [-0.1, -0.05) is 12.1 Å². The minimum Gasteiger partial charge on any atom is -0.497 e. The number of fused-ring (bicyclic) bond motifs is 1. The summed E-state index contributed by atoms with van der Waals surface area (Å²) in [6.07, 6.45) is 1.79. The maximum Gasteiger partial charge on any atom is 0.225 e. The third-order valence-electron chi connectivity index (χ3n) is 4.42. The fourth-order valence-electron chi connectivity index (χ4n) is 2.97. The first-order valence-electron chi connectivity index (χ1n) is 8.68. The first-order valence-corrected chi connectivity index (χ1v) is 8.68. The van der Waals surface area contributed by atoms with Gasteiger partial charge in [0, 0.05) is 25.4 Å². The monoisotopic (exact) mass is 351 g/mol. The molecule has 4 rings (SSSR count). The van der Waals surface area contributed by atoms with Crippen molar-refractivity contribution in [1.82, 2.24) is 9.97 Å². The Balaban J connectivity index is 1.61. The second-order valence-corrected chi connectivity index (χ2v) is 6.09. The Morgan fingerprint density at radius 2 is 1.92 bits per heavy atom. The topological polar surface area (TPSA) is 56.7 Å². The van der Waals surface area contributed by atoms with Crippen LogP contribution in [0.4, 0.5) is 5.82 Å². The quantitative estimate of drug-likeness (QED) is 0.704. The van der Waals surface area contributed by atoms with E-state index >= 15 is 0 Å². The number of methoxy groups -OCH3 is 1. The van der Waals surface area contributed by atoms with E-state index in [4.69, 9.17) is 19.2 Å². The number of aromatic nitrogens is 2. The van der Waals surface area contributed by atoms with Crippen LogP contribution in [0.5, 0.6) is 11.6 Å². The summed E-state index contributed by atoms with van der Waals surface area (Å²) in [4.78, 5) is 11.4. The summed E-state index contributed by atoms with van der Waals surface area (Å²) in [7, 11) is 1.66. The molecule has 1 aromatic carbocycles.